The van der Waals surface area contributed by atoms with Gasteiger partial charge in [-0.05, 0) is 38.0 Å². The van der Waals surface area contributed by atoms with Crippen molar-refractivity contribution in [3.8, 4) is 0 Å². The van der Waals surface area contributed by atoms with Gasteiger partial charge in [0.1, 0.15) is 12.1 Å². The lowest BCUT2D eigenvalue weighted by atomic mass is 9.96. The van der Waals surface area contributed by atoms with Gasteiger partial charge in [0, 0.05) is 30.8 Å². The van der Waals surface area contributed by atoms with Gasteiger partial charge in [-0.1, -0.05) is 0 Å². The zero-order valence-corrected chi connectivity index (χ0v) is 11.0. The normalized spacial score (nSPS) is 22.3. The van der Waals surface area contributed by atoms with Crippen LogP contribution in [0.25, 0.3) is 0 Å². The van der Waals surface area contributed by atoms with E-state index in [1.807, 2.05) is 0 Å². The third-order valence-electron chi connectivity index (χ3n) is 4.15. The first-order valence-electron chi connectivity index (χ1n) is 7.03. The number of aromatic nitrogens is 2. The van der Waals surface area contributed by atoms with Crippen molar-refractivity contribution < 1.29 is 9.90 Å². The molecule has 0 radical (unpaired) electrons. The average Bonchev–Trinajstić information content (AvgIpc) is 2.85. The van der Waals surface area contributed by atoms with Crippen LogP contribution in [0.3, 0.4) is 0 Å². The molecule has 5 heteroatoms. The Bertz CT molecular complexity index is 490. The van der Waals surface area contributed by atoms with Crippen LogP contribution in [0.4, 0.5) is 5.82 Å². The Morgan fingerprint density at radius 3 is 3.05 bits per heavy atom. The number of hydrogen-bond acceptors (Lipinski definition) is 4. The molecule has 0 saturated carbocycles. The SMILES string of the molecule is O=C(O)CC1CCN(c2ncnc3c2CCCC3)C1. The second-order valence-electron chi connectivity index (χ2n) is 5.53. The molecule has 19 heavy (non-hydrogen) atoms. The minimum Gasteiger partial charge on any atom is -0.481 e. The molecule has 1 atom stereocenters. The van der Waals surface area contributed by atoms with Gasteiger partial charge in [0.2, 0.25) is 0 Å². The molecule has 1 unspecified atom stereocenters. The van der Waals surface area contributed by atoms with E-state index in [9.17, 15) is 4.79 Å². The molecule has 1 saturated heterocycles. The molecule has 102 valence electrons. The number of rotatable bonds is 3. The molecular weight excluding hydrogens is 242 g/mol. The molecule has 2 heterocycles. The Labute approximate surface area is 112 Å². The van der Waals surface area contributed by atoms with Crippen molar-refractivity contribution in [1.82, 2.24) is 9.97 Å². The molecule has 0 bridgehead atoms. The number of aryl methyl sites for hydroxylation is 1. The minimum absolute atomic E-state index is 0.256. The summed E-state index contributed by atoms with van der Waals surface area (Å²) in [5, 5.41) is 8.88. The largest absolute Gasteiger partial charge is 0.481 e. The lowest BCUT2D eigenvalue weighted by molar-refractivity contribution is -0.137. The monoisotopic (exact) mass is 261 g/mol. The summed E-state index contributed by atoms with van der Waals surface area (Å²) in [4.78, 5) is 21.9. The highest BCUT2D eigenvalue weighted by Crippen LogP contribution is 2.31. The van der Waals surface area contributed by atoms with Crippen LogP contribution in [-0.4, -0.2) is 34.1 Å². The number of aliphatic carboxylic acids is 1. The maximum Gasteiger partial charge on any atom is 0.303 e. The highest BCUT2D eigenvalue weighted by atomic mass is 16.4. The summed E-state index contributed by atoms with van der Waals surface area (Å²) >= 11 is 0. The third kappa shape index (κ3) is 2.55. The molecule has 2 aliphatic rings. The van der Waals surface area contributed by atoms with Crippen LogP contribution >= 0.6 is 0 Å². The van der Waals surface area contributed by atoms with Gasteiger partial charge in [-0.15, -0.1) is 0 Å². The van der Waals surface area contributed by atoms with Crippen LogP contribution in [0.1, 0.15) is 36.9 Å². The quantitative estimate of drug-likeness (QED) is 0.896. The summed E-state index contributed by atoms with van der Waals surface area (Å²) in [5.74, 6) is 0.612. The summed E-state index contributed by atoms with van der Waals surface area (Å²) in [6.07, 6.45) is 7.41. The minimum atomic E-state index is -0.698. The van der Waals surface area contributed by atoms with Gasteiger partial charge in [-0.25, -0.2) is 9.97 Å². The molecule has 1 aliphatic heterocycles. The van der Waals surface area contributed by atoms with Crippen LogP contribution in [-0.2, 0) is 17.6 Å². The zero-order chi connectivity index (χ0) is 13.2. The second kappa shape index (κ2) is 5.15. The maximum absolute atomic E-state index is 10.8. The summed E-state index contributed by atoms with van der Waals surface area (Å²) in [5.41, 5.74) is 2.49. The van der Waals surface area contributed by atoms with Crippen LogP contribution < -0.4 is 4.90 Å². The van der Waals surface area contributed by atoms with Gasteiger partial charge in [0.25, 0.3) is 0 Å². The topological polar surface area (TPSA) is 66.3 Å². The number of carboxylic acids is 1. The Morgan fingerprint density at radius 2 is 2.21 bits per heavy atom. The highest BCUT2D eigenvalue weighted by molar-refractivity contribution is 5.67. The summed E-state index contributed by atoms with van der Waals surface area (Å²) in [6, 6.07) is 0. The van der Waals surface area contributed by atoms with Gasteiger partial charge in [-0.3, -0.25) is 4.79 Å². The smallest absolute Gasteiger partial charge is 0.303 e. The van der Waals surface area contributed by atoms with Gasteiger partial charge < -0.3 is 10.0 Å². The van der Waals surface area contributed by atoms with E-state index in [-0.39, 0.29) is 12.3 Å². The van der Waals surface area contributed by atoms with E-state index in [4.69, 9.17) is 5.11 Å². The number of anilines is 1. The number of carbonyl (C=O) groups is 1. The van der Waals surface area contributed by atoms with Crippen LogP contribution in [0.5, 0.6) is 0 Å². The molecule has 0 aromatic carbocycles. The van der Waals surface area contributed by atoms with Gasteiger partial charge in [0.05, 0.1) is 0 Å². The molecular formula is C14H19N3O2. The van der Waals surface area contributed by atoms with Gasteiger partial charge in [0.15, 0.2) is 0 Å². The van der Waals surface area contributed by atoms with E-state index in [2.05, 4.69) is 14.9 Å². The fraction of sp³-hybridized carbons (Fsp3) is 0.643. The van der Waals surface area contributed by atoms with Crippen LogP contribution in [0, 0.1) is 5.92 Å². The highest BCUT2D eigenvalue weighted by Gasteiger charge is 2.28. The predicted molar refractivity (Wildman–Crippen MR) is 71.2 cm³/mol. The first kappa shape index (κ1) is 12.4. The Hall–Kier alpha value is -1.65. The second-order valence-corrected chi connectivity index (χ2v) is 5.53. The summed E-state index contributed by atoms with van der Waals surface area (Å²) in [7, 11) is 0. The van der Waals surface area contributed by atoms with Gasteiger partial charge in [-0.2, -0.15) is 0 Å². The van der Waals surface area contributed by atoms with E-state index in [1.165, 1.54) is 24.1 Å². The summed E-state index contributed by atoms with van der Waals surface area (Å²) < 4.78 is 0. The van der Waals surface area contributed by atoms with Crippen LogP contribution in [0.2, 0.25) is 0 Å². The van der Waals surface area contributed by atoms with E-state index in [0.717, 1.165) is 38.2 Å². The molecule has 1 aromatic rings. The molecule has 1 aromatic heterocycles. The third-order valence-corrected chi connectivity index (χ3v) is 4.15. The first-order chi connectivity index (χ1) is 9.24. The van der Waals surface area contributed by atoms with Gasteiger partial charge >= 0.3 is 5.97 Å². The molecule has 1 fully saturated rings. The van der Waals surface area contributed by atoms with E-state index < -0.39 is 5.97 Å². The van der Waals surface area contributed by atoms with Crippen molar-refractivity contribution >= 4 is 11.8 Å². The van der Waals surface area contributed by atoms with Crippen molar-refractivity contribution in [3.63, 3.8) is 0 Å². The Balaban J connectivity index is 1.78. The van der Waals surface area contributed by atoms with E-state index in [1.54, 1.807) is 6.33 Å². The molecule has 1 N–H and O–H groups in total. The first-order valence-corrected chi connectivity index (χ1v) is 7.03. The molecule has 3 rings (SSSR count). The van der Waals surface area contributed by atoms with Crippen molar-refractivity contribution in [2.24, 2.45) is 5.92 Å². The molecule has 0 amide bonds. The lowest BCUT2D eigenvalue weighted by Gasteiger charge is -2.24. The lowest BCUT2D eigenvalue weighted by Crippen LogP contribution is -2.24. The standard InChI is InChI=1S/C14H19N3O2/c18-13(19)7-10-5-6-17(8-10)14-11-3-1-2-4-12(11)15-9-16-14/h9-10H,1-8H2,(H,18,19). The predicted octanol–water partition coefficient (Wildman–Crippen LogP) is 1.66. The fourth-order valence-electron chi connectivity index (χ4n) is 3.21. The number of fused-ring (bicyclic) bond motifs is 1. The van der Waals surface area contributed by atoms with Crippen molar-refractivity contribution in [1.29, 1.82) is 0 Å². The molecule has 5 nitrogen and oxygen atoms in total. The average molecular weight is 261 g/mol. The molecule has 1 aliphatic carbocycles. The van der Waals surface area contributed by atoms with E-state index >= 15 is 0 Å². The number of carboxylic acid groups (broad SMARTS) is 1. The van der Waals surface area contributed by atoms with Crippen molar-refractivity contribution in [2.75, 3.05) is 18.0 Å². The van der Waals surface area contributed by atoms with Crippen molar-refractivity contribution in [3.05, 3.63) is 17.6 Å². The Kier molecular flexibility index (Phi) is 3.36. The zero-order valence-electron chi connectivity index (χ0n) is 11.0. The van der Waals surface area contributed by atoms with Crippen LogP contribution in [0.15, 0.2) is 6.33 Å². The number of nitrogens with zero attached hydrogens (tertiary/aromatic N) is 3. The molecule has 0 spiro atoms. The van der Waals surface area contributed by atoms with Crippen molar-refractivity contribution in [2.45, 2.75) is 38.5 Å². The maximum atomic E-state index is 10.8. The Morgan fingerprint density at radius 1 is 1.37 bits per heavy atom. The number of hydrogen-bond donors (Lipinski definition) is 1. The van der Waals surface area contributed by atoms with E-state index in [0.29, 0.717) is 0 Å². The summed E-state index contributed by atoms with van der Waals surface area (Å²) in [6.45, 7) is 1.73. The fourth-order valence-corrected chi connectivity index (χ4v) is 3.21.